The second kappa shape index (κ2) is 21.7. The third kappa shape index (κ3) is 16.4. The van der Waals surface area contributed by atoms with Crippen LogP contribution < -0.4 is 0 Å². The Labute approximate surface area is 314 Å². The average molecular weight is 835 g/mol. The van der Waals surface area contributed by atoms with E-state index in [9.17, 15) is 43.4 Å². The zero-order valence-corrected chi connectivity index (χ0v) is 30.5. The van der Waals surface area contributed by atoms with Crippen molar-refractivity contribution in [2.75, 3.05) is 19.8 Å². The molecule has 28 nitrogen and oxygen atoms in total. The van der Waals surface area contributed by atoms with Crippen molar-refractivity contribution < 1.29 is 137 Å². The highest BCUT2D eigenvalue weighted by atomic mass is 31.2. The molecule has 0 aromatic heterocycles. The molecule has 0 saturated carbocycles. The van der Waals surface area contributed by atoms with E-state index in [1.165, 1.54) is 0 Å². The summed E-state index contributed by atoms with van der Waals surface area (Å²) < 4.78 is 56.0. The van der Waals surface area contributed by atoms with E-state index in [1.54, 1.807) is 0 Å². The molecule has 4 radical (unpaired) electrons. The number of hydrogen-bond donors (Lipinski definition) is 15. The molecule has 0 aromatic rings. The van der Waals surface area contributed by atoms with Crippen LogP contribution in [0.3, 0.4) is 0 Å². The Morgan fingerprint density at radius 2 is 0.686 bits per heavy atom. The minimum absolute atomic E-state index is 0. The molecule has 6 atom stereocenters. The third-order valence-electron chi connectivity index (χ3n) is 5.00. The number of aliphatic hydroxyl groups excluding tert-OH is 9. The van der Waals surface area contributed by atoms with Crippen LogP contribution in [0.4, 0.5) is 0 Å². The number of carbonyl (C=O) groups excluding carboxylic acids is 3. The first-order valence-electron chi connectivity index (χ1n) is 11.8. The number of esters is 3. The molecule has 0 unspecified atom stereocenters. The van der Waals surface area contributed by atoms with Gasteiger partial charge in [0.25, 0.3) is 17.3 Å². The Bertz CT molecular complexity index is 1290. The summed E-state index contributed by atoms with van der Waals surface area (Å²) in [5.74, 6) is -10.2. The van der Waals surface area contributed by atoms with Crippen molar-refractivity contribution in [1.82, 2.24) is 0 Å². The topological polar surface area (TPSA) is 493 Å². The molecular weight excluding hydrogens is 806 g/mol. The van der Waals surface area contributed by atoms with Crippen molar-refractivity contribution in [1.29, 1.82) is 0 Å². The van der Waals surface area contributed by atoms with Crippen LogP contribution >= 0.6 is 23.5 Å². The van der Waals surface area contributed by atoms with E-state index in [4.69, 9.17) is 60.0 Å². The first-order valence-corrected chi connectivity index (χ1v) is 16.4. The van der Waals surface area contributed by atoms with E-state index < -0.39 is 132 Å². The first-order chi connectivity index (χ1) is 21.8. The molecule has 51 heavy (non-hydrogen) atoms. The van der Waals surface area contributed by atoms with Crippen molar-refractivity contribution in [2.45, 2.75) is 36.6 Å². The largest absolute Gasteiger partial charge is 0.525 e. The molecule has 288 valence electrons. The van der Waals surface area contributed by atoms with E-state index in [-0.39, 0.29) is 51.6 Å². The van der Waals surface area contributed by atoms with Crippen molar-refractivity contribution in [3.05, 3.63) is 34.6 Å². The fraction of sp³-hybridized carbons (Fsp3) is 0.500. The van der Waals surface area contributed by atoms with Crippen LogP contribution in [0.5, 0.6) is 0 Å². The Balaban J connectivity index is -0.000000658. The molecule has 0 aliphatic carbocycles. The zero-order valence-electron chi connectivity index (χ0n) is 24.9. The van der Waals surface area contributed by atoms with Gasteiger partial charge in [-0.2, -0.15) is 0 Å². The van der Waals surface area contributed by atoms with E-state index >= 15 is 0 Å². The molecule has 0 saturated heterocycles. The fourth-order valence-electron chi connectivity index (χ4n) is 3.05. The number of carbonyl (C=O) groups is 3. The van der Waals surface area contributed by atoms with Crippen LogP contribution in [-0.2, 0) is 55.9 Å². The number of aliphatic hydroxyl groups is 9. The molecular formula is C18H29Mg2O28P3. The minimum atomic E-state index is -5.02. The first kappa shape index (κ1) is 53.5. The second-order valence-corrected chi connectivity index (χ2v) is 12.1. The summed E-state index contributed by atoms with van der Waals surface area (Å²) in [6.07, 6.45) is -9.62. The molecule has 0 amide bonds. The molecule has 3 aliphatic heterocycles. The average Bonchev–Trinajstić information content (AvgIpc) is 3.51. The lowest BCUT2D eigenvalue weighted by atomic mass is 10.2. The minimum Gasteiger partial charge on any atom is -0.505 e. The fourth-order valence-corrected chi connectivity index (χ4v) is 4.27. The molecule has 0 fully saturated rings. The van der Waals surface area contributed by atoms with Crippen LogP contribution in [-0.4, -0.2) is 201 Å². The van der Waals surface area contributed by atoms with Crippen molar-refractivity contribution >= 4 is 87.5 Å². The standard InChI is InChI=1S/3C6H9O9P.2Mg.H2O/c3*7-1-2(8)4-3(9)5(6(10)14-4)15-16(11,12)13;;;/h3*2,4,7-9H,1H2,(H2,11,12,13);;;1H2/t3*2-,4+;;;/m000.../s1. The predicted octanol–water partition coefficient (Wildman–Crippen LogP) is -7.15. The van der Waals surface area contributed by atoms with Gasteiger partial charge in [0, 0.05) is 46.1 Å². The molecule has 3 rings (SSSR count). The van der Waals surface area contributed by atoms with Gasteiger partial charge in [-0.3, -0.25) is 29.4 Å². The number of phosphoric acid groups is 3. The van der Waals surface area contributed by atoms with Gasteiger partial charge in [0.2, 0.25) is 0 Å². The zero-order chi connectivity index (χ0) is 37.5. The maximum atomic E-state index is 11.0. The van der Waals surface area contributed by atoms with Crippen LogP contribution in [0.1, 0.15) is 0 Å². The Morgan fingerprint density at radius 1 is 0.510 bits per heavy atom. The molecule has 3 aliphatic rings. The van der Waals surface area contributed by atoms with Gasteiger partial charge in [-0.25, -0.2) is 28.1 Å². The SMILES string of the molecule is O.O=C1O[C@H]([C@@H](O)CO)C(O)=C1OP(=O)(O)O.O=C1O[C@H]([C@@H](O)CO)C(O)=C1OP(=O)(O)O.O=C1O[C@H]([C@@H](O)CO)C(O)=C1OP(=O)(O)O.[Mg].[Mg]. The normalized spacial score (nSPS) is 21.9. The van der Waals surface area contributed by atoms with Gasteiger partial charge in [-0.1, -0.05) is 0 Å². The summed E-state index contributed by atoms with van der Waals surface area (Å²) in [6.45, 7) is -2.44. The van der Waals surface area contributed by atoms with Crippen molar-refractivity contribution in [2.24, 2.45) is 0 Å². The van der Waals surface area contributed by atoms with Gasteiger partial charge < -0.3 is 79.2 Å². The van der Waals surface area contributed by atoms with Gasteiger partial charge in [0.15, 0.2) is 35.6 Å². The van der Waals surface area contributed by atoms with Gasteiger partial charge in [-0.05, 0) is 0 Å². The lowest BCUT2D eigenvalue weighted by Gasteiger charge is -2.13. The highest BCUT2D eigenvalue weighted by Crippen LogP contribution is 2.44. The lowest BCUT2D eigenvalue weighted by Crippen LogP contribution is -2.31. The summed E-state index contributed by atoms with van der Waals surface area (Å²) >= 11 is 0. The van der Waals surface area contributed by atoms with Gasteiger partial charge in [0.05, 0.1) is 19.8 Å². The number of phosphoric ester groups is 3. The monoisotopic (exact) mass is 834 g/mol. The van der Waals surface area contributed by atoms with Crippen LogP contribution in [0.25, 0.3) is 0 Å². The number of hydrogen-bond acceptors (Lipinski definition) is 21. The van der Waals surface area contributed by atoms with Crippen LogP contribution in [0.2, 0.25) is 0 Å². The summed E-state index contributed by atoms with van der Waals surface area (Å²) in [7, 11) is -15.1. The van der Waals surface area contributed by atoms with Crippen LogP contribution in [0, 0.1) is 0 Å². The van der Waals surface area contributed by atoms with Gasteiger partial charge >= 0.3 is 41.4 Å². The number of cyclic esters (lactones) is 3. The molecule has 0 aromatic carbocycles. The van der Waals surface area contributed by atoms with Gasteiger partial charge in [-0.15, -0.1) is 0 Å². The summed E-state index contributed by atoms with van der Waals surface area (Å²) in [5, 5.41) is 80.8. The molecule has 0 spiro atoms. The highest BCUT2D eigenvalue weighted by Gasteiger charge is 2.45. The number of ether oxygens (including phenoxy) is 3. The quantitative estimate of drug-likeness (QED) is 0.0376. The Hall–Kier alpha value is -1.87. The summed E-state index contributed by atoms with van der Waals surface area (Å²) in [5.41, 5.74) is 0. The second-order valence-electron chi connectivity index (χ2n) is 8.62. The molecule has 0 bridgehead atoms. The third-order valence-corrected chi connectivity index (χ3v) is 6.27. The summed E-state index contributed by atoms with van der Waals surface area (Å²) in [4.78, 5) is 83.5. The predicted molar refractivity (Wildman–Crippen MR) is 152 cm³/mol. The summed E-state index contributed by atoms with van der Waals surface area (Å²) in [6, 6.07) is 0. The molecule has 33 heteroatoms. The Kier molecular flexibility index (Phi) is 22.8. The lowest BCUT2D eigenvalue weighted by molar-refractivity contribution is -0.148. The van der Waals surface area contributed by atoms with Crippen molar-refractivity contribution in [3.63, 3.8) is 0 Å². The van der Waals surface area contributed by atoms with E-state index in [0.29, 0.717) is 0 Å². The molecule has 3 heterocycles. The highest BCUT2D eigenvalue weighted by molar-refractivity contribution is 7.47. The van der Waals surface area contributed by atoms with Gasteiger partial charge in [0.1, 0.15) is 18.3 Å². The maximum Gasteiger partial charge on any atom is 0.525 e. The smallest absolute Gasteiger partial charge is 0.505 e. The van der Waals surface area contributed by atoms with E-state index in [2.05, 4.69) is 27.8 Å². The maximum absolute atomic E-state index is 11.0. The van der Waals surface area contributed by atoms with E-state index in [0.717, 1.165) is 0 Å². The Morgan fingerprint density at radius 3 is 0.824 bits per heavy atom. The number of rotatable bonds is 12. The van der Waals surface area contributed by atoms with E-state index in [1.807, 2.05) is 0 Å². The molecule has 17 N–H and O–H groups in total. The van der Waals surface area contributed by atoms with Crippen LogP contribution in [0.15, 0.2) is 34.6 Å². The van der Waals surface area contributed by atoms with Crippen molar-refractivity contribution in [3.8, 4) is 0 Å².